The van der Waals surface area contributed by atoms with E-state index in [4.69, 9.17) is 9.97 Å². The number of rotatable bonds is 10. The maximum atomic E-state index is 9.71. The molecule has 9 aromatic carbocycles. The van der Waals surface area contributed by atoms with Crippen LogP contribution in [0.15, 0.2) is 249 Å². The Morgan fingerprint density at radius 2 is 0.776 bits per heavy atom. The first-order valence-electron chi connectivity index (χ1n) is 22.6. The van der Waals surface area contributed by atoms with Gasteiger partial charge in [-0.3, -0.25) is 5.41 Å². The molecule has 0 aliphatic carbocycles. The van der Waals surface area contributed by atoms with Gasteiger partial charge in [0.25, 0.3) is 0 Å². The third-order valence-electron chi connectivity index (χ3n) is 12.3. The molecule has 2 N–H and O–H groups in total. The van der Waals surface area contributed by atoms with Gasteiger partial charge in [0.05, 0.1) is 22.8 Å². The van der Waals surface area contributed by atoms with Crippen LogP contribution in [0.25, 0.3) is 90.3 Å². The number of hydrogen-bond acceptors (Lipinski definition) is 4. The highest BCUT2D eigenvalue weighted by Gasteiger charge is 2.24. The molecule has 316 valence electrons. The van der Waals surface area contributed by atoms with E-state index in [9.17, 15) is 5.41 Å². The van der Waals surface area contributed by atoms with Crippen LogP contribution in [0.1, 0.15) is 27.8 Å². The van der Waals surface area contributed by atoms with Crippen molar-refractivity contribution in [1.29, 1.82) is 5.41 Å². The smallest absolute Gasteiger partial charge is 0.160 e. The molecule has 10 aromatic rings. The van der Waals surface area contributed by atoms with E-state index in [2.05, 4.69) is 193 Å². The summed E-state index contributed by atoms with van der Waals surface area (Å²) in [5.41, 5.74) is 19.5. The van der Waals surface area contributed by atoms with E-state index in [1.54, 1.807) is 0 Å². The van der Waals surface area contributed by atoms with Gasteiger partial charge >= 0.3 is 0 Å². The molecule has 0 unspecified atom stereocenters. The minimum Gasteiger partial charge on any atom is -0.354 e. The summed E-state index contributed by atoms with van der Waals surface area (Å²) in [4.78, 5) is 10.5. The number of nitrogens with one attached hydrogen (secondary N) is 2. The Labute approximate surface area is 391 Å². The van der Waals surface area contributed by atoms with Crippen LogP contribution in [0.4, 0.5) is 0 Å². The van der Waals surface area contributed by atoms with Crippen molar-refractivity contribution < 1.29 is 0 Å². The molecule has 1 aliphatic heterocycles. The fraction of sp³-hybridized carbons (Fsp3) is 0. The van der Waals surface area contributed by atoms with Gasteiger partial charge in [0.15, 0.2) is 5.82 Å². The number of allylic oxidation sites excluding steroid dienone is 1. The quantitative estimate of drug-likeness (QED) is 0.135. The predicted molar refractivity (Wildman–Crippen MR) is 279 cm³/mol. The Kier molecular flexibility index (Phi) is 11.1. The van der Waals surface area contributed by atoms with Crippen molar-refractivity contribution in [1.82, 2.24) is 15.3 Å². The molecule has 2 heterocycles. The molecular weight excluding hydrogens is 813 g/mol. The molecule has 4 heteroatoms. The standard InChI is InChI=1S/C63H44N4/c64-61(49-26-14-5-15-27-49)60(48-24-12-4-13-25-48)62-56-40-52(36-37-53(56)41-57(65-62)46-22-10-3-11-23-46)45-32-34-47(35-33-45)58-42-59(54-30-16-28-50(38-54)43-18-6-1-7-19-43)67-63(66-58)55-31-17-29-51(39-55)44-20-8-2-9-21-44/h1-42,64-65H/b62-60-,64-61?. The Morgan fingerprint density at radius 3 is 1.39 bits per heavy atom. The lowest BCUT2D eigenvalue weighted by atomic mass is 9.86. The first kappa shape index (κ1) is 40.8. The number of nitrogens with zero attached hydrogens (tertiary/aromatic N) is 2. The van der Waals surface area contributed by atoms with Crippen LogP contribution < -0.4 is 5.32 Å². The van der Waals surface area contributed by atoms with Gasteiger partial charge in [-0.25, -0.2) is 9.97 Å². The van der Waals surface area contributed by atoms with Crippen LogP contribution in [0.2, 0.25) is 0 Å². The number of benzene rings is 9. The van der Waals surface area contributed by atoms with Crippen LogP contribution >= 0.6 is 0 Å². The Bertz CT molecular complexity index is 3350. The lowest BCUT2D eigenvalue weighted by Gasteiger charge is -2.27. The van der Waals surface area contributed by atoms with E-state index in [-0.39, 0.29) is 0 Å². The molecule has 0 saturated heterocycles. The summed E-state index contributed by atoms with van der Waals surface area (Å²) >= 11 is 0. The summed E-state index contributed by atoms with van der Waals surface area (Å²) in [6.45, 7) is 0. The van der Waals surface area contributed by atoms with Gasteiger partial charge in [0, 0.05) is 39.1 Å². The zero-order valence-electron chi connectivity index (χ0n) is 36.6. The fourth-order valence-corrected chi connectivity index (χ4v) is 8.87. The van der Waals surface area contributed by atoms with E-state index in [0.29, 0.717) is 11.5 Å². The van der Waals surface area contributed by atoms with Gasteiger partial charge in [-0.2, -0.15) is 0 Å². The number of fused-ring (bicyclic) bond motifs is 1. The molecular formula is C63H44N4. The topological polar surface area (TPSA) is 61.7 Å². The van der Waals surface area contributed by atoms with Crippen LogP contribution in [0.5, 0.6) is 0 Å². The highest BCUT2D eigenvalue weighted by Crippen LogP contribution is 2.39. The largest absolute Gasteiger partial charge is 0.354 e. The van der Waals surface area contributed by atoms with E-state index >= 15 is 0 Å². The predicted octanol–water partition coefficient (Wildman–Crippen LogP) is 15.5. The Hall–Kier alpha value is -8.99. The van der Waals surface area contributed by atoms with Crippen LogP contribution in [-0.2, 0) is 0 Å². The maximum Gasteiger partial charge on any atom is 0.160 e. The van der Waals surface area contributed by atoms with Crippen molar-refractivity contribution in [3.05, 3.63) is 277 Å². The zero-order valence-corrected chi connectivity index (χ0v) is 36.6. The molecule has 0 fully saturated rings. The van der Waals surface area contributed by atoms with Crippen molar-refractivity contribution >= 4 is 28.8 Å². The third-order valence-corrected chi connectivity index (χ3v) is 12.3. The Morgan fingerprint density at radius 1 is 0.343 bits per heavy atom. The van der Waals surface area contributed by atoms with Crippen molar-refractivity contribution in [2.24, 2.45) is 0 Å². The lowest BCUT2D eigenvalue weighted by Crippen LogP contribution is -2.20. The Balaban J connectivity index is 1.02. The summed E-state index contributed by atoms with van der Waals surface area (Å²) in [5.74, 6) is 0.666. The van der Waals surface area contributed by atoms with Gasteiger partial charge in [-0.1, -0.05) is 224 Å². The van der Waals surface area contributed by atoms with Gasteiger partial charge in [-0.15, -0.1) is 0 Å². The summed E-state index contributed by atoms with van der Waals surface area (Å²) in [6, 6.07) is 86.1. The summed E-state index contributed by atoms with van der Waals surface area (Å²) in [6.07, 6.45) is 2.21. The molecule has 67 heavy (non-hydrogen) atoms. The van der Waals surface area contributed by atoms with Gasteiger partial charge < -0.3 is 5.32 Å². The van der Waals surface area contributed by atoms with Gasteiger partial charge in [0.1, 0.15) is 0 Å². The average molecular weight is 857 g/mol. The van der Waals surface area contributed by atoms with E-state index in [0.717, 1.165) is 106 Å². The van der Waals surface area contributed by atoms with Crippen LogP contribution in [-0.4, -0.2) is 15.7 Å². The molecule has 4 nitrogen and oxygen atoms in total. The second-order valence-electron chi connectivity index (χ2n) is 16.6. The fourth-order valence-electron chi connectivity index (χ4n) is 8.87. The highest BCUT2D eigenvalue weighted by molar-refractivity contribution is 6.36. The average Bonchev–Trinajstić information content (AvgIpc) is 3.42. The highest BCUT2D eigenvalue weighted by atomic mass is 14.9. The van der Waals surface area contributed by atoms with Crippen LogP contribution in [0, 0.1) is 5.41 Å². The molecule has 0 atom stereocenters. The van der Waals surface area contributed by atoms with Gasteiger partial charge in [0.2, 0.25) is 0 Å². The van der Waals surface area contributed by atoms with Gasteiger partial charge in [-0.05, 0) is 80.4 Å². The van der Waals surface area contributed by atoms with E-state index < -0.39 is 0 Å². The minimum absolute atomic E-state index is 0.450. The summed E-state index contributed by atoms with van der Waals surface area (Å²) in [7, 11) is 0. The second-order valence-corrected chi connectivity index (χ2v) is 16.6. The summed E-state index contributed by atoms with van der Waals surface area (Å²) in [5, 5.41) is 13.5. The summed E-state index contributed by atoms with van der Waals surface area (Å²) < 4.78 is 0. The van der Waals surface area contributed by atoms with Crippen molar-refractivity contribution in [3.63, 3.8) is 0 Å². The molecule has 0 amide bonds. The monoisotopic (exact) mass is 856 g/mol. The molecule has 0 saturated carbocycles. The molecule has 0 spiro atoms. The molecule has 11 rings (SSSR count). The SMILES string of the molecule is N=C(/C(=C1\NC(c2ccccc2)=Cc2ccc(-c3ccc(-c4cc(-c5cccc(-c6ccccc6)c5)nc(-c5cccc(-c6ccccc6)c5)n4)cc3)cc21)c1ccccc1)c1ccccc1. The lowest BCUT2D eigenvalue weighted by molar-refractivity contribution is 1.18. The normalized spacial score (nSPS) is 12.6. The van der Waals surface area contributed by atoms with Crippen molar-refractivity contribution in [2.75, 3.05) is 0 Å². The molecule has 1 aromatic heterocycles. The molecule has 0 radical (unpaired) electrons. The third kappa shape index (κ3) is 8.55. The van der Waals surface area contributed by atoms with E-state index in [1.807, 2.05) is 66.7 Å². The minimum atomic E-state index is 0.450. The van der Waals surface area contributed by atoms with Crippen molar-refractivity contribution in [3.8, 4) is 67.3 Å². The van der Waals surface area contributed by atoms with E-state index in [1.165, 1.54) is 0 Å². The first-order valence-corrected chi connectivity index (χ1v) is 22.6. The second kappa shape index (κ2) is 18.2. The number of hydrogen-bond donors (Lipinski definition) is 2. The molecule has 1 aliphatic rings. The number of aromatic nitrogens is 2. The zero-order chi connectivity index (χ0) is 44.9. The first-order chi connectivity index (χ1) is 33.1. The van der Waals surface area contributed by atoms with Crippen molar-refractivity contribution in [2.45, 2.75) is 0 Å². The molecule has 0 bridgehead atoms. The van der Waals surface area contributed by atoms with Crippen LogP contribution in [0.3, 0.4) is 0 Å². The maximum absolute atomic E-state index is 9.71.